The first kappa shape index (κ1) is 23.0. The minimum atomic E-state index is -0.836. The molecule has 0 saturated heterocycles. The van der Waals surface area contributed by atoms with Gasteiger partial charge in [-0.05, 0) is 61.0 Å². The lowest BCUT2D eigenvalue weighted by atomic mass is 9.83. The quantitative estimate of drug-likeness (QED) is 0.225. The van der Waals surface area contributed by atoms with E-state index in [-0.39, 0.29) is 33.7 Å². The van der Waals surface area contributed by atoms with Gasteiger partial charge in [-0.15, -0.1) is 0 Å². The van der Waals surface area contributed by atoms with Crippen LogP contribution in [0.15, 0.2) is 84.9 Å². The van der Waals surface area contributed by atoms with E-state index in [1.165, 1.54) is 18.2 Å². The van der Waals surface area contributed by atoms with Crippen LogP contribution in [0.2, 0.25) is 0 Å². The monoisotopic (exact) mass is 475 g/mol. The smallest absolute Gasteiger partial charge is 0.344 e. The van der Waals surface area contributed by atoms with Crippen molar-refractivity contribution in [1.82, 2.24) is 0 Å². The first-order valence-electron chi connectivity index (χ1n) is 10.2. The third kappa shape index (κ3) is 4.00. The van der Waals surface area contributed by atoms with Crippen molar-refractivity contribution in [3.63, 3.8) is 0 Å². The Bertz CT molecular complexity index is 1530. The molecule has 2 aromatic carbocycles. The van der Waals surface area contributed by atoms with Gasteiger partial charge in [-0.25, -0.2) is 9.18 Å². The molecule has 2 heterocycles. The van der Waals surface area contributed by atoms with E-state index in [0.29, 0.717) is 10.7 Å². The van der Waals surface area contributed by atoms with Crippen LogP contribution in [0.1, 0.15) is 36.5 Å². The second kappa shape index (κ2) is 9.00. The molecule has 1 aliphatic rings. The largest absolute Gasteiger partial charge is 0.439 e. The van der Waals surface area contributed by atoms with Crippen molar-refractivity contribution in [2.45, 2.75) is 19.8 Å². The maximum atomic E-state index is 14.0. The fourth-order valence-corrected chi connectivity index (χ4v) is 4.01. The lowest BCUT2D eigenvalue weighted by Gasteiger charge is -2.26. The van der Waals surface area contributed by atoms with Crippen molar-refractivity contribution in [3.05, 3.63) is 104 Å². The first-order valence-corrected chi connectivity index (χ1v) is 10.6. The number of hydrogen-bond donors (Lipinski definition) is 1. The molecule has 34 heavy (non-hydrogen) atoms. The highest BCUT2D eigenvalue weighted by Gasteiger charge is 2.35. The van der Waals surface area contributed by atoms with Gasteiger partial charge in [-0.2, -0.15) is 5.26 Å². The van der Waals surface area contributed by atoms with Gasteiger partial charge in [0.15, 0.2) is 5.75 Å². The Labute approximate surface area is 199 Å². The van der Waals surface area contributed by atoms with Gasteiger partial charge in [0.1, 0.15) is 28.2 Å². The molecule has 1 unspecified atom stereocenters. The SMILES string of the molecule is C=N/C(Cl)=C(C)\C=C(/C)c1ccc(C2C(C#N)=C(N)Oc3c2c(=O)oc2ccc(F)cc32)cc1. The zero-order valence-corrected chi connectivity index (χ0v) is 19.1. The predicted molar refractivity (Wildman–Crippen MR) is 130 cm³/mol. The van der Waals surface area contributed by atoms with E-state index >= 15 is 0 Å². The van der Waals surface area contributed by atoms with E-state index < -0.39 is 17.4 Å². The summed E-state index contributed by atoms with van der Waals surface area (Å²) in [6, 6.07) is 13.1. The molecule has 170 valence electrons. The van der Waals surface area contributed by atoms with Crippen LogP contribution >= 0.6 is 11.6 Å². The number of nitrogens with zero attached hydrogens (tertiary/aromatic N) is 2. The van der Waals surface area contributed by atoms with Crippen molar-refractivity contribution < 1.29 is 13.5 Å². The van der Waals surface area contributed by atoms with Gasteiger partial charge in [-0.3, -0.25) is 4.99 Å². The van der Waals surface area contributed by atoms with Crippen molar-refractivity contribution in [2.24, 2.45) is 10.7 Å². The topological polar surface area (TPSA) is 102 Å². The standard InChI is InChI=1S/C26H19ClFN3O3/c1-13(10-14(2)24(27)31-3)15-4-6-16(7-5-15)21-19(12-29)25(30)34-23-18-11-17(28)8-9-20(18)33-26(32)22(21)23/h4-11,21H,3,30H2,1-2H3/b13-10+,24-14-. The van der Waals surface area contributed by atoms with Gasteiger partial charge in [0, 0.05) is 0 Å². The fourth-order valence-electron chi connectivity index (χ4n) is 3.96. The average Bonchev–Trinajstić information content (AvgIpc) is 2.83. The summed E-state index contributed by atoms with van der Waals surface area (Å²) in [6.45, 7) is 7.17. The minimum Gasteiger partial charge on any atom is -0.439 e. The summed E-state index contributed by atoms with van der Waals surface area (Å²) in [5.41, 5.74) is 8.89. The maximum Gasteiger partial charge on any atom is 0.344 e. The highest BCUT2D eigenvalue weighted by atomic mass is 35.5. The molecule has 3 aromatic rings. The van der Waals surface area contributed by atoms with E-state index in [2.05, 4.69) is 11.7 Å². The van der Waals surface area contributed by atoms with Crippen LogP contribution in [0.25, 0.3) is 16.5 Å². The van der Waals surface area contributed by atoms with Crippen molar-refractivity contribution in [2.75, 3.05) is 0 Å². The summed E-state index contributed by atoms with van der Waals surface area (Å²) in [7, 11) is 0. The van der Waals surface area contributed by atoms with Crippen molar-refractivity contribution in [1.29, 1.82) is 5.26 Å². The number of benzene rings is 2. The lowest BCUT2D eigenvalue weighted by Crippen LogP contribution is -2.26. The molecular weight excluding hydrogens is 457 g/mol. The summed E-state index contributed by atoms with van der Waals surface area (Å²) >= 11 is 6.02. The van der Waals surface area contributed by atoms with E-state index in [1.54, 1.807) is 12.1 Å². The van der Waals surface area contributed by atoms with Gasteiger partial charge in [0.2, 0.25) is 5.88 Å². The van der Waals surface area contributed by atoms with Gasteiger partial charge < -0.3 is 14.9 Å². The molecule has 2 N–H and O–H groups in total. The molecule has 0 radical (unpaired) electrons. The third-order valence-corrected chi connectivity index (χ3v) is 6.04. The first-order chi connectivity index (χ1) is 16.2. The minimum absolute atomic E-state index is 0.0678. The van der Waals surface area contributed by atoms with Gasteiger partial charge in [-0.1, -0.05) is 41.9 Å². The fraction of sp³-hybridized carbons (Fsp3) is 0.115. The average molecular weight is 476 g/mol. The number of rotatable bonds is 4. The Kier molecular flexibility index (Phi) is 6.10. The molecule has 0 fully saturated rings. The molecule has 1 aliphatic heterocycles. The number of nitrogens with two attached hydrogens (primary N) is 1. The van der Waals surface area contributed by atoms with Crippen LogP contribution in [-0.4, -0.2) is 6.72 Å². The third-order valence-electron chi connectivity index (χ3n) is 5.63. The maximum absolute atomic E-state index is 14.0. The molecule has 0 spiro atoms. The van der Waals surface area contributed by atoms with Gasteiger partial charge >= 0.3 is 5.63 Å². The molecule has 1 atom stereocenters. The normalized spacial score (nSPS) is 16.4. The lowest BCUT2D eigenvalue weighted by molar-refractivity contribution is 0.388. The van der Waals surface area contributed by atoms with Gasteiger partial charge in [0.05, 0.1) is 16.9 Å². The summed E-state index contributed by atoms with van der Waals surface area (Å²) in [5.74, 6) is -1.43. The molecule has 4 rings (SSSR count). The Morgan fingerprint density at radius 1 is 1.26 bits per heavy atom. The molecule has 0 saturated carbocycles. The van der Waals surface area contributed by atoms with Crippen LogP contribution < -0.4 is 16.1 Å². The highest BCUT2D eigenvalue weighted by Crippen LogP contribution is 2.43. The number of nitriles is 1. The number of ether oxygens (including phenoxy) is 1. The Morgan fingerprint density at radius 2 is 1.97 bits per heavy atom. The van der Waals surface area contributed by atoms with Crippen LogP contribution in [0, 0.1) is 17.1 Å². The number of hydrogen-bond acceptors (Lipinski definition) is 6. The van der Waals surface area contributed by atoms with E-state index in [1.807, 2.05) is 38.1 Å². The highest BCUT2D eigenvalue weighted by molar-refractivity contribution is 6.30. The summed E-state index contributed by atoms with van der Waals surface area (Å²) < 4.78 is 25.0. The van der Waals surface area contributed by atoms with Crippen molar-refractivity contribution >= 4 is 34.9 Å². The second-order valence-electron chi connectivity index (χ2n) is 7.78. The van der Waals surface area contributed by atoms with Crippen molar-refractivity contribution in [3.8, 4) is 11.8 Å². The summed E-state index contributed by atoms with van der Waals surface area (Å²) in [4.78, 5) is 16.7. The Hall–Kier alpha value is -4.15. The Balaban J connectivity index is 1.87. The van der Waals surface area contributed by atoms with Crippen LogP contribution in [0.5, 0.6) is 5.75 Å². The molecule has 1 aromatic heterocycles. The molecule has 6 nitrogen and oxygen atoms in total. The van der Waals surface area contributed by atoms with E-state index in [4.69, 9.17) is 26.5 Å². The number of allylic oxidation sites excluding steroid dienone is 4. The van der Waals surface area contributed by atoms with Gasteiger partial charge in [0.25, 0.3) is 0 Å². The Morgan fingerprint density at radius 3 is 2.62 bits per heavy atom. The van der Waals surface area contributed by atoms with Crippen LogP contribution in [-0.2, 0) is 0 Å². The molecule has 0 aliphatic carbocycles. The zero-order valence-electron chi connectivity index (χ0n) is 18.4. The molecular formula is C26H19ClFN3O3. The summed E-state index contributed by atoms with van der Waals surface area (Å²) in [6.07, 6.45) is 1.88. The number of aliphatic imine (C=N–C) groups is 1. The van der Waals surface area contributed by atoms with E-state index in [9.17, 15) is 14.4 Å². The van der Waals surface area contributed by atoms with E-state index in [0.717, 1.165) is 16.7 Å². The van der Waals surface area contributed by atoms with Crippen LogP contribution in [0.3, 0.4) is 0 Å². The number of halogens is 2. The summed E-state index contributed by atoms with van der Waals surface area (Å²) in [5, 5.41) is 10.3. The molecule has 8 heteroatoms. The predicted octanol–water partition coefficient (Wildman–Crippen LogP) is 5.72. The zero-order chi connectivity index (χ0) is 24.6. The number of fused-ring (bicyclic) bond motifs is 3. The van der Waals surface area contributed by atoms with Crippen LogP contribution in [0.4, 0.5) is 4.39 Å². The second-order valence-corrected chi connectivity index (χ2v) is 8.14. The molecule has 0 bridgehead atoms. The molecule has 0 amide bonds.